The second-order valence-corrected chi connectivity index (χ2v) is 7.87. The number of hydrogen-bond acceptors (Lipinski definition) is 2. The van der Waals surface area contributed by atoms with E-state index in [1.54, 1.807) is 0 Å². The van der Waals surface area contributed by atoms with Crippen molar-refractivity contribution in [1.82, 2.24) is 0 Å². The molecule has 0 aliphatic heterocycles. The average Bonchev–Trinajstić information content (AvgIpc) is 2.62. The van der Waals surface area contributed by atoms with Crippen molar-refractivity contribution in [3.8, 4) is 0 Å². The van der Waals surface area contributed by atoms with E-state index in [4.69, 9.17) is 10.8 Å². The average molecular weight is 368 g/mol. The number of aliphatic carboxylic acids is 1. The molecule has 154 valence electrons. The molecule has 3 nitrogen and oxygen atoms in total. The van der Waals surface area contributed by atoms with E-state index in [0.717, 1.165) is 25.2 Å². The van der Waals surface area contributed by atoms with Crippen LogP contribution in [0.5, 0.6) is 0 Å². The highest BCUT2D eigenvalue weighted by Crippen LogP contribution is 2.26. The maximum absolute atomic E-state index is 10.8. The summed E-state index contributed by atoms with van der Waals surface area (Å²) < 4.78 is 0. The van der Waals surface area contributed by atoms with Gasteiger partial charge in [-0.3, -0.25) is 4.79 Å². The summed E-state index contributed by atoms with van der Waals surface area (Å²) in [7, 11) is 0. The van der Waals surface area contributed by atoms with E-state index in [9.17, 15) is 4.79 Å². The molecule has 0 rings (SSSR count). The van der Waals surface area contributed by atoms with Crippen molar-refractivity contribution >= 4 is 5.97 Å². The lowest BCUT2D eigenvalue weighted by Gasteiger charge is -2.20. The number of allylic oxidation sites excluding steroid dienone is 2. The third kappa shape index (κ3) is 16.6. The first-order valence-electron chi connectivity index (χ1n) is 11.2. The molecule has 0 radical (unpaired) electrons. The molecular weight excluding hydrogens is 322 g/mol. The second-order valence-electron chi connectivity index (χ2n) is 7.87. The van der Waals surface area contributed by atoms with E-state index >= 15 is 0 Å². The van der Waals surface area contributed by atoms with Gasteiger partial charge < -0.3 is 10.8 Å². The van der Waals surface area contributed by atoms with Gasteiger partial charge in [0.05, 0.1) is 0 Å². The second kappa shape index (κ2) is 18.9. The van der Waals surface area contributed by atoms with Crippen LogP contribution in [0.4, 0.5) is 0 Å². The van der Waals surface area contributed by atoms with E-state index in [0.29, 0.717) is 12.5 Å². The van der Waals surface area contributed by atoms with Crippen molar-refractivity contribution in [1.29, 1.82) is 0 Å². The zero-order chi connectivity index (χ0) is 19.5. The van der Waals surface area contributed by atoms with Crippen LogP contribution >= 0.6 is 0 Å². The van der Waals surface area contributed by atoms with Gasteiger partial charge >= 0.3 is 5.97 Å². The highest BCUT2D eigenvalue weighted by atomic mass is 16.4. The maximum atomic E-state index is 10.8. The van der Waals surface area contributed by atoms with Crippen molar-refractivity contribution in [2.45, 2.75) is 110 Å². The fourth-order valence-corrected chi connectivity index (χ4v) is 3.63. The molecule has 26 heavy (non-hydrogen) atoms. The van der Waals surface area contributed by atoms with Crippen molar-refractivity contribution < 1.29 is 9.90 Å². The van der Waals surface area contributed by atoms with E-state index in [1.165, 1.54) is 70.6 Å². The lowest BCUT2D eigenvalue weighted by atomic mass is 9.86. The number of nitrogens with two attached hydrogens (primary N) is 1. The number of rotatable bonds is 19. The predicted octanol–water partition coefficient (Wildman–Crippen LogP) is 6.71. The molecule has 0 amide bonds. The summed E-state index contributed by atoms with van der Waals surface area (Å²) >= 11 is 0. The van der Waals surface area contributed by atoms with Crippen LogP contribution in [0.1, 0.15) is 110 Å². The highest BCUT2D eigenvalue weighted by Gasteiger charge is 2.14. The van der Waals surface area contributed by atoms with Gasteiger partial charge in [-0.2, -0.15) is 0 Å². The summed E-state index contributed by atoms with van der Waals surface area (Å²) in [4.78, 5) is 10.8. The van der Waals surface area contributed by atoms with Crippen molar-refractivity contribution in [2.24, 2.45) is 17.6 Å². The molecule has 2 unspecified atom stereocenters. The lowest BCUT2D eigenvalue weighted by Crippen LogP contribution is -2.12. The Morgan fingerprint density at radius 3 is 2.19 bits per heavy atom. The molecule has 0 fully saturated rings. The van der Waals surface area contributed by atoms with E-state index in [2.05, 4.69) is 26.0 Å². The SMILES string of the molecule is CCCCCCC=CCC(CCCCC)CCC(CCN)CCC(=O)O. The summed E-state index contributed by atoms with van der Waals surface area (Å²) in [5.74, 6) is 0.541. The summed E-state index contributed by atoms with van der Waals surface area (Å²) in [5, 5.41) is 8.93. The summed E-state index contributed by atoms with van der Waals surface area (Å²) in [6.07, 6.45) is 22.1. The van der Waals surface area contributed by atoms with E-state index in [-0.39, 0.29) is 6.42 Å². The van der Waals surface area contributed by atoms with Crippen molar-refractivity contribution in [3.05, 3.63) is 12.2 Å². The molecule has 3 N–H and O–H groups in total. The number of carbonyl (C=O) groups is 1. The van der Waals surface area contributed by atoms with Gasteiger partial charge in [0.15, 0.2) is 0 Å². The largest absolute Gasteiger partial charge is 0.481 e. The minimum absolute atomic E-state index is 0.281. The van der Waals surface area contributed by atoms with Crippen LogP contribution in [-0.4, -0.2) is 17.6 Å². The van der Waals surface area contributed by atoms with Crippen LogP contribution in [0.3, 0.4) is 0 Å². The Morgan fingerprint density at radius 2 is 1.54 bits per heavy atom. The summed E-state index contributed by atoms with van der Waals surface area (Å²) in [5.41, 5.74) is 5.73. The monoisotopic (exact) mass is 367 g/mol. The first kappa shape index (κ1) is 25.2. The third-order valence-corrected chi connectivity index (χ3v) is 5.40. The molecule has 0 aliphatic carbocycles. The maximum Gasteiger partial charge on any atom is 0.303 e. The molecule has 0 spiro atoms. The van der Waals surface area contributed by atoms with E-state index in [1.807, 2.05) is 0 Å². The van der Waals surface area contributed by atoms with E-state index < -0.39 is 5.97 Å². The number of carboxylic acid groups (broad SMARTS) is 1. The molecule has 0 saturated carbocycles. The Morgan fingerprint density at radius 1 is 0.846 bits per heavy atom. The minimum atomic E-state index is -0.683. The van der Waals surface area contributed by atoms with Crippen molar-refractivity contribution in [2.75, 3.05) is 6.54 Å². The Kier molecular flexibility index (Phi) is 18.3. The predicted molar refractivity (Wildman–Crippen MR) is 113 cm³/mol. The zero-order valence-corrected chi connectivity index (χ0v) is 17.6. The Bertz CT molecular complexity index is 341. The molecule has 0 aromatic rings. The van der Waals surface area contributed by atoms with Gasteiger partial charge in [-0.25, -0.2) is 0 Å². The van der Waals surface area contributed by atoms with Gasteiger partial charge in [0.2, 0.25) is 0 Å². The van der Waals surface area contributed by atoms with Gasteiger partial charge in [0, 0.05) is 6.42 Å². The first-order chi connectivity index (χ1) is 12.6. The van der Waals surface area contributed by atoms with Gasteiger partial charge in [-0.05, 0) is 56.9 Å². The highest BCUT2D eigenvalue weighted by molar-refractivity contribution is 5.66. The van der Waals surface area contributed by atoms with Gasteiger partial charge in [-0.1, -0.05) is 77.4 Å². The van der Waals surface area contributed by atoms with Gasteiger partial charge in [0.1, 0.15) is 0 Å². The smallest absolute Gasteiger partial charge is 0.303 e. The van der Waals surface area contributed by atoms with Crippen LogP contribution < -0.4 is 5.73 Å². The number of carboxylic acids is 1. The summed E-state index contributed by atoms with van der Waals surface area (Å²) in [6.45, 7) is 5.18. The molecule has 0 bridgehead atoms. The minimum Gasteiger partial charge on any atom is -0.481 e. The van der Waals surface area contributed by atoms with Gasteiger partial charge in [-0.15, -0.1) is 0 Å². The first-order valence-corrected chi connectivity index (χ1v) is 11.2. The Balaban J connectivity index is 4.27. The summed E-state index contributed by atoms with van der Waals surface area (Å²) in [6, 6.07) is 0. The molecular formula is C23H45NO2. The Hall–Kier alpha value is -0.830. The van der Waals surface area contributed by atoms with Gasteiger partial charge in [0.25, 0.3) is 0 Å². The molecule has 0 aromatic heterocycles. The third-order valence-electron chi connectivity index (χ3n) is 5.40. The van der Waals surface area contributed by atoms with Crippen LogP contribution in [0.15, 0.2) is 12.2 Å². The topological polar surface area (TPSA) is 63.3 Å². The van der Waals surface area contributed by atoms with Crippen LogP contribution in [0.2, 0.25) is 0 Å². The normalized spacial score (nSPS) is 14.0. The number of unbranched alkanes of at least 4 members (excludes halogenated alkanes) is 6. The molecule has 3 heteroatoms. The van der Waals surface area contributed by atoms with Crippen LogP contribution in [-0.2, 0) is 4.79 Å². The molecule has 0 saturated heterocycles. The standard InChI is InChI=1S/C23H45NO2/c1-3-5-7-8-9-10-12-14-21(13-11-6-4-2)15-16-22(19-20-24)17-18-23(25)26/h10,12,21-22H,3-9,11,13-20,24H2,1-2H3,(H,25,26). The quantitative estimate of drug-likeness (QED) is 0.197. The van der Waals surface area contributed by atoms with Crippen LogP contribution in [0, 0.1) is 11.8 Å². The molecule has 2 atom stereocenters. The fraction of sp³-hybridized carbons (Fsp3) is 0.870. The molecule has 0 heterocycles. The fourth-order valence-electron chi connectivity index (χ4n) is 3.63. The molecule has 0 aromatic carbocycles. The van der Waals surface area contributed by atoms with Crippen molar-refractivity contribution in [3.63, 3.8) is 0 Å². The lowest BCUT2D eigenvalue weighted by molar-refractivity contribution is -0.137. The number of hydrogen-bond donors (Lipinski definition) is 2. The van der Waals surface area contributed by atoms with Crippen LogP contribution in [0.25, 0.3) is 0 Å². The zero-order valence-electron chi connectivity index (χ0n) is 17.6. The Labute approximate surface area is 162 Å². The molecule has 0 aliphatic rings.